The lowest BCUT2D eigenvalue weighted by Crippen LogP contribution is -2.39. The van der Waals surface area contributed by atoms with Crippen molar-refractivity contribution in [3.8, 4) is 0 Å². The Kier molecular flexibility index (Phi) is 6.12. The first-order valence-electron chi connectivity index (χ1n) is 10.1. The number of carbonyl (C=O) groups excluding carboxylic acids is 1. The van der Waals surface area contributed by atoms with E-state index in [1.807, 2.05) is 42.4 Å². The van der Waals surface area contributed by atoms with E-state index in [1.165, 1.54) is 0 Å². The minimum absolute atomic E-state index is 0.0459. The van der Waals surface area contributed by atoms with Crippen molar-refractivity contribution in [3.63, 3.8) is 0 Å². The number of hydrogen-bond donors (Lipinski definition) is 1. The molecule has 3 aromatic rings. The zero-order chi connectivity index (χ0) is 20.8. The minimum atomic E-state index is 0.0459. The van der Waals surface area contributed by atoms with Crippen LogP contribution in [-0.2, 0) is 18.3 Å². The Labute approximate surface area is 175 Å². The fourth-order valence-corrected chi connectivity index (χ4v) is 3.62. The van der Waals surface area contributed by atoms with Gasteiger partial charge in [-0.05, 0) is 43.4 Å². The Morgan fingerprint density at radius 3 is 2.87 bits per heavy atom. The number of amides is 1. The van der Waals surface area contributed by atoms with Gasteiger partial charge in [0.15, 0.2) is 0 Å². The second-order valence-electron chi connectivity index (χ2n) is 7.51. The highest BCUT2D eigenvalue weighted by atomic mass is 16.2. The molecule has 1 aliphatic heterocycles. The van der Waals surface area contributed by atoms with Crippen LogP contribution in [0.1, 0.15) is 24.1 Å². The summed E-state index contributed by atoms with van der Waals surface area (Å²) in [6, 6.07) is 5.66. The maximum atomic E-state index is 12.6. The summed E-state index contributed by atoms with van der Waals surface area (Å²) in [4.78, 5) is 27.7. The molecule has 1 saturated heterocycles. The molecule has 0 saturated carbocycles. The summed E-state index contributed by atoms with van der Waals surface area (Å²) in [5.74, 6) is 1.83. The van der Waals surface area contributed by atoms with Crippen LogP contribution in [-0.4, -0.2) is 48.6 Å². The third-order valence-electron chi connectivity index (χ3n) is 5.10. The van der Waals surface area contributed by atoms with Gasteiger partial charge in [0.2, 0.25) is 5.91 Å². The number of anilines is 2. The molecule has 8 nitrogen and oxygen atoms in total. The Morgan fingerprint density at radius 2 is 2.13 bits per heavy atom. The first-order chi connectivity index (χ1) is 14.7. The van der Waals surface area contributed by atoms with Gasteiger partial charge in [0, 0.05) is 44.2 Å². The van der Waals surface area contributed by atoms with Crippen molar-refractivity contribution >= 4 is 23.6 Å². The predicted octanol–water partition coefficient (Wildman–Crippen LogP) is 2.84. The van der Waals surface area contributed by atoms with E-state index in [-0.39, 0.29) is 5.91 Å². The third-order valence-corrected chi connectivity index (χ3v) is 5.10. The second-order valence-corrected chi connectivity index (χ2v) is 7.51. The van der Waals surface area contributed by atoms with Gasteiger partial charge in [-0.25, -0.2) is 9.97 Å². The number of likely N-dealkylation sites (tertiary alicyclic amines) is 1. The van der Waals surface area contributed by atoms with Crippen molar-refractivity contribution in [1.29, 1.82) is 0 Å². The molecule has 0 spiro atoms. The van der Waals surface area contributed by atoms with Crippen LogP contribution in [0.2, 0.25) is 0 Å². The number of piperidine rings is 1. The summed E-state index contributed by atoms with van der Waals surface area (Å²) in [5.41, 5.74) is 1.86. The second kappa shape index (κ2) is 9.30. The van der Waals surface area contributed by atoms with E-state index in [9.17, 15) is 4.79 Å². The number of aryl methyl sites for hydroxylation is 1. The first-order valence-corrected chi connectivity index (χ1v) is 10.1. The van der Waals surface area contributed by atoms with Gasteiger partial charge in [-0.2, -0.15) is 5.10 Å². The van der Waals surface area contributed by atoms with Gasteiger partial charge in [0.25, 0.3) is 0 Å². The quantitative estimate of drug-likeness (QED) is 0.637. The standard InChI is InChI=1S/C22H25N7O/c1-28-15-18(12-26-28)7-8-22(30)29-10-4-5-17(16-29)11-19-13-25-21(14-24-19)27-20-6-2-3-9-23-20/h2-3,6-9,12-15,17H,4-5,10-11,16H2,1H3,(H,23,25,27). The molecular formula is C22H25N7O. The molecule has 0 radical (unpaired) electrons. The first kappa shape index (κ1) is 19.8. The summed E-state index contributed by atoms with van der Waals surface area (Å²) in [6.45, 7) is 1.54. The molecule has 1 unspecified atom stereocenters. The molecule has 154 valence electrons. The Bertz CT molecular complexity index is 998. The number of rotatable bonds is 6. The molecule has 0 bridgehead atoms. The number of nitrogens with one attached hydrogen (secondary N) is 1. The van der Waals surface area contributed by atoms with Crippen LogP contribution in [0.5, 0.6) is 0 Å². The fourth-order valence-electron chi connectivity index (χ4n) is 3.62. The van der Waals surface area contributed by atoms with Gasteiger partial charge in [-0.1, -0.05) is 6.07 Å². The molecule has 1 fully saturated rings. The van der Waals surface area contributed by atoms with Crippen LogP contribution in [0.4, 0.5) is 11.6 Å². The van der Waals surface area contributed by atoms with E-state index in [2.05, 4.69) is 25.4 Å². The largest absolute Gasteiger partial charge is 0.339 e. The highest BCUT2D eigenvalue weighted by molar-refractivity contribution is 5.91. The Morgan fingerprint density at radius 1 is 1.20 bits per heavy atom. The highest BCUT2D eigenvalue weighted by Gasteiger charge is 2.23. The van der Waals surface area contributed by atoms with Crippen LogP contribution in [0.3, 0.4) is 0 Å². The van der Waals surface area contributed by atoms with Crippen molar-refractivity contribution in [2.45, 2.75) is 19.3 Å². The lowest BCUT2D eigenvalue weighted by Gasteiger charge is -2.32. The summed E-state index contributed by atoms with van der Waals surface area (Å²) >= 11 is 0. The molecule has 1 amide bonds. The molecule has 4 rings (SSSR count). The van der Waals surface area contributed by atoms with E-state index in [0.717, 1.165) is 49.4 Å². The van der Waals surface area contributed by atoms with Gasteiger partial charge in [-0.3, -0.25) is 14.5 Å². The summed E-state index contributed by atoms with van der Waals surface area (Å²) in [6.07, 6.45) is 15.2. The van der Waals surface area contributed by atoms with Crippen LogP contribution in [0.15, 0.2) is 55.3 Å². The molecule has 3 aromatic heterocycles. The van der Waals surface area contributed by atoms with E-state index >= 15 is 0 Å². The molecule has 1 aliphatic rings. The molecule has 0 aromatic carbocycles. The molecule has 30 heavy (non-hydrogen) atoms. The molecule has 0 aliphatic carbocycles. The van der Waals surface area contributed by atoms with Crippen molar-refractivity contribution < 1.29 is 4.79 Å². The smallest absolute Gasteiger partial charge is 0.246 e. The number of nitrogens with zero attached hydrogens (tertiary/aromatic N) is 6. The summed E-state index contributed by atoms with van der Waals surface area (Å²) in [7, 11) is 1.86. The minimum Gasteiger partial charge on any atom is -0.339 e. The molecule has 4 heterocycles. The zero-order valence-corrected chi connectivity index (χ0v) is 17.0. The van der Waals surface area contributed by atoms with Crippen LogP contribution in [0, 0.1) is 5.92 Å². The van der Waals surface area contributed by atoms with Gasteiger partial charge in [0.05, 0.1) is 24.3 Å². The molecular weight excluding hydrogens is 378 g/mol. The van der Waals surface area contributed by atoms with Gasteiger partial charge >= 0.3 is 0 Å². The average Bonchev–Trinajstić information content (AvgIpc) is 3.19. The third kappa shape index (κ3) is 5.28. The lowest BCUT2D eigenvalue weighted by atomic mass is 9.93. The maximum absolute atomic E-state index is 12.6. The highest BCUT2D eigenvalue weighted by Crippen LogP contribution is 2.21. The number of hydrogen-bond acceptors (Lipinski definition) is 6. The lowest BCUT2D eigenvalue weighted by molar-refractivity contribution is -0.127. The maximum Gasteiger partial charge on any atom is 0.246 e. The van der Waals surface area contributed by atoms with E-state index < -0.39 is 0 Å². The fraction of sp³-hybridized carbons (Fsp3) is 0.318. The number of pyridine rings is 1. The summed E-state index contributed by atoms with van der Waals surface area (Å²) in [5, 5.41) is 7.25. The van der Waals surface area contributed by atoms with Crippen molar-refractivity contribution in [3.05, 3.63) is 66.5 Å². The zero-order valence-electron chi connectivity index (χ0n) is 17.0. The van der Waals surface area contributed by atoms with Gasteiger partial charge in [-0.15, -0.1) is 0 Å². The van der Waals surface area contributed by atoms with E-state index in [1.54, 1.807) is 35.5 Å². The number of aromatic nitrogens is 5. The predicted molar refractivity (Wildman–Crippen MR) is 115 cm³/mol. The summed E-state index contributed by atoms with van der Waals surface area (Å²) < 4.78 is 1.72. The van der Waals surface area contributed by atoms with E-state index in [4.69, 9.17) is 0 Å². The normalized spacial score (nSPS) is 16.7. The molecule has 1 atom stereocenters. The average molecular weight is 403 g/mol. The van der Waals surface area contributed by atoms with Gasteiger partial charge in [0.1, 0.15) is 11.6 Å². The molecule has 1 N–H and O–H groups in total. The van der Waals surface area contributed by atoms with Crippen molar-refractivity contribution in [1.82, 2.24) is 29.6 Å². The van der Waals surface area contributed by atoms with Gasteiger partial charge < -0.3 is 10.2 Å². The van der Waals surface area contributed by atoms with Crippen molar-refractivity contribution in [2.75, 3.05) is 18.4 Å². The topological polar surface area (TPSA) is 88.8 Å². The monoisotopic (exact) mass is 403 g/mol. The van der Waals surface area contributed by atoms with Crippen LogP contribution < -0.4 is 5.32 Å². The van der Waals surface area contributed by atoms with Crippen molar-refractivity contribution in [2.24, 2.45) is 13.0 Å². The Balaban J connectivity index is 1.31. The van der Waals surface area contributed by atoms with E-state index in [0.29, 0.717) is 11.7 Å². The Hall–Kier alpha value is -3.55. The number of carbonyl (C=O) groups is 1. The SMILES string of the molecule is Cn1cc(C=CC(=O)N2CCCC(Cc3cnc(Nc4ccccn4)cn3)C2)cn1. The molecule has 8 heteroatoms. The van der Waals surface area contributed by atoms with Crippen LogP contribution >= 0.6 is 0 Å². The van der Waals surface area contributed by atoms with Crippen LogP contribution in [0.25, 0.3) is 6.08 Å².